The molecular weight excluding hydrogens is 254 g/mol. The summed E-state index contributed by atoms with van der Waals surface area (Å²) in [5.74, 6) is 0.959. The van der Waals surface area contributed by atoms with E-state index in [1.807, 2.05) is 31.3 Å². The molecular formula is C15H23N3O2. The molecule has 1 fully saturated rings. The number of pyridine rings is 1. The molecule has 20 heavy (non-hydrogen) atoms. The lowest BCUT2D eigenvalue weighted by atomic mass is 10.3. The van der Waals surface area contributed by atoms with Gasteiger partial charge in [-0.05, 0) is 18.6 Å². The Bertz CT molecular complexity index is 403. The van der Waals surface area contributed by atoms with Crippen LogP contribution < -0.4 is 4.90 Å². The van der Waals surface area contributed by atoms with Crippen LogP contribution in [0.3, 0.4) is 0 Å². The van der Waals surface area contributed by atoms with Crippen molar-refractivity contribution >= 4 is 11.8 Å². The topological polar surface area (TPSA) is 45.7 Å². The molecule has 0 bridgehead atoms. The van der Waals surface area contributed by atoms with Crippen LogP contribution in [0.1, 0.15) is 19.8 Å². The van der Waals surface area contributed by atoms with Crippen LogP contribution in [0.2, 0.25) is 0 Å². The standard InChI is InChI=1S/C15H23N3O2/c1-2-5-15(19)20-13-12-17-8-10-18(11-9-17)14-6-3-4-7-16-14/h3-4,6-7H,2,5,8-13H2,1H3. The average Bonchev–Trinajstić information content (AvgIpc) is 2.49. The number of piperazine rings is 1. The minimum absolute atomic E-state index is 0.0837. The summed E-state index contributed by atoms with van der Waals surface area (Å²) in [5.41, 5.74) is 0. The molecule has 110 valence electrons. The molecule has 0 aliphatic carbocycles. The lowest BCUT2D eigenvalue weighted by Gasteiger charge is -2.35. The summed E-state index contributed by atoms with van der Waals surface area (Å²) < 4.78 is 5.19. The molecule has 1 aromatic heterocycles. The quantitative estimate of drug-likeness (QED) is 0.738. The number of hydrogen-bond acceptors (Lipinski definition) is 5. The van der Waals surface area contributed by atoms with Gasteiger partial charge in [0.25, 0.3) is 0 Å². The fraction of sp³-hybridized carbons (Fsp3) is 0.600. The first-order valence-electron chi connectivity index (χ1n) is 7.33. The number of hydrogen-bond donors (Lipinski definition) is 0. The van der Waals surface area contributed by atoms with Crippen molar-refractivity contribution in [3.05, 3.63) is 24.4 Å². The Labute approximate surface area is 120 Å². The average molecular weight is 277 g/mol. The molecule has 2 heterocycles. The van der Waals surface area contributed by atoms with Crippen LogP contribution in [0.25, 0.3) is 0 Å². The maximum atomic E-state index is 11.3. The predicted molar refractivity (Wildman–Crippen MR) is 78.8 cm³/mol. The van der Waals surface area contributed by atoms with Crippen LogP contribution in [0.5, 0.6) is 0 Å². The molecule has 2 rings (SSSR count). The van der Waals surface area contributed by atoms with Crippen molar-refractivity contribution in [1.29, 1.82) is 0 Å². The zero-order valence-corrected chi connectivity index (χ0v) is 12.1. The first-order chi connectivity index (χ1) is 9.79. The van der Waals surface area contributed by atoms with E-state index in [0.29, 0.717) is 13.0 Å². The van der Waals surface area contributed by atoms with Crippen molar-refractivity contribution in [2.45, 2.75) is 19.8 Å². The van der Waals surface area contributed by atoms with Crippen LogP contribution in [0.4, 0.5) is 5.82 Å². The lowest BCUT2D eigenvalue weighted by Crippen LogP contribution is -2.47. The van der Waals surface area contributed by atoms with Gasteiger partial charge in [0.2, 0.25) is 0 Å². The number of ether oxygens (including phenoxy) is 1. The van der Waals surface area contributed by atoms with Crippen LogP contribution in [-0.2, 0) is 9.53 Å². The highest BCUT2D eigenvalue weighted by molar-refractivity contribution is 5.69. The summed E-state index contributed by atoms with van der Waals surface area (Å²) in [7, 11) is 0. The van der Waals surface area contributed by atoms with Gasteiger partial charge >= 0.3 is 5.97 Å². The van der Waals surface area contributed by atoms with Crippen molar-refractivity contribution in [2.24, 2.45) is 0 Å². The number of anilines is 1. The molecule has 1 aliphatic rings. The second-order valence-corrected chi connectivity index (χ2v) is 4.99. The summed E-state index contributed by atoms with van der Waals surface area (Å²) in [4.78, 5) is 20.3. The Morgan fingerprint density at radius 3 is 2.75 bits per heavy atom. The van der Waals surface area contributed by atoms with Gasteiger partial charge in [-0.3, -0.25) is 9.69 Å². The van der Waals surface area contributed by atoms with E-state index in [0.717, 1.165) is 45.0 Å². The van der Waals surface area contributed by atoms with Crippen molar-refractivity contribution in [1.82, 2.24) is 9.88 Å². The van der Waals surface area contributed by atoms with Crippen molar-refractivity contribution in [3.63, 3.8) is 0 Å². The molecule has 0 radical (unpaired) electrons. The number of carbonyl (C=O) groups excluding carboxylic acids is 1. The summed E-state index contributed by atoms with van der Waals surface area (Å²) in [5, 5.41) is 0. The van der Waals surface area contributed by atoms with Gasteiger partial charge in [-0.25, -0.2) is 4.98 Å². The van der Waals surface area contributed by atoms with Gasteiger partial charge in [-0.1, -0.05) is 13.0 Å². The molecule has 0 aromatic carbocycles. The monoisotopic (exact) mass is 277 g/mol. The lowest BCUT2D eigenvalue weighted by molar-refractivity contribution is -0.144. The van der Waals surface area contributed by atoms with Gasteiger partial charge < -0.3 is 9.64 Å². The van der Waals surface area contributed by atoms with E-state index in [9.17, 15) is 4.79 Å². The number of aromatic nitrogens is 1. The highest BCUT2D eigenvalue weighted by Gasteiger charge is 2.17. The van der Waals surface area contributed by atoms with Crippen molar-refractivity contribution in [2.75, 3.05) is 44.2 Å². The van der Waals surface area contributed by atoms with E-state index >= 15 is 0 Å². The van der Waals surface area contributed by atoms with Crippen LogP contribution >= 0.6 is 0 Å². The second-order valence-electron chi connectivity index (χ2n) is 4.99. The molecule has 0 N–H and O–H groups in total. The Balaban J connectivity index is 1.66. The van der Waals surface area contributed by atoms with E-state index in [1.54, 1.807) is 0 Å². The van der Waals surface area contributed by atoms with E-state index in [2.05, 4.69) is 14.8 Å². The number of rotatable bonds is 6. The van der Waals surface area contributed by atoms with Gasteiger partial charge in [-0.2, -0.15) is 0 Å². The van der Waals surface area contributed by atoms with Crippen LogP contribution in [0.15, 0.2) is 24.4 Å². The zero-order chi connectivity index (χ0) is 14.2. The number of carbonyl (C=O) groups is 1. The molecule has 0 atom stereocenters. The largest absolute Gasteiger partial charge is 0.464 e. The fourth-order valence-electron chi connectivity index (χ4n) is 2.31. The predicted octanol–water partition coefficient (Wildman–Crippen LogP) is 1.55. The molecule has 0 spiro atoms. The molecule has 1 aliphatic heterocycles. The van der Waals surface area contributed by atoms with E-state index < -0.39 is 0 Å². The van der Waals surface area contributed by atoms with Gasteiger partial charge in [0.15, 0.2) is 0 Å². The van der Waals surface area contributed by atoms with E-state index in [1.165, 1.54) is 0 Å². The van der Waals surface area contributed by atoms with Gasteiger partial charge in [0.1, 0.15) is 12.4 Å². The Morgan fingerprint density at radius 2 is 2.10 bits per heavy atom. The molecule has 1 saturated heterocycles. The van der Waals surface area contributed by atoms with Gasteiger partial charge in [-0.15, -0.1) is 0 Å². The Hall–Kier alpha value is -1.62. The molecule has 5 heteroatoms. The summed E-state index contributed by atoms with van der Waals surface area (Å²) >= 11 is 0. The zero-order valence-electron chi connectivity index (χ0n) is 12.1. The first-order valence-corrected chi connectivity index (χ1v) is 7.33. The first kappa shape index (κ1) is 14.8. The summed E-state index contributed by atoms with van der Waals surface area (Å²) in [6, 6.07) is 5.99. The molecule has 5 nitrogen and oxygen atoms in total. The normalized spacial score (nSPS) is 16.1. The SMILES string of the molecule is CCCC(=O)OCCN1CCN(c2ccccn2)CC1. The minimum atomic E-state index is -0.0837. The Kier molecular flexibility index (Phi) is 5.80. The van der Waals surface area contributed by atoms with Crippen molar-refractivity contribution < 1.29 is 9.53 Å². The Morgan fingerprint density at radius 1 is 1.30 bits per heavy atom. The summed E-state index contributed by atoms with van der Waals surface area (Å²) in [6.07, 6.45) is 3.20. The molecule has 0 unspecified atom stereocenters. The second kappa shape index (κ2) is 7.85. The molecule has 0 amide bonds. The van der Waals surface area contributed by atoms with E-state index in [-0.39, 0.29) is 5.97 Å². The minimum Gasteiger partial charge on any atom is -0.464 e. The van der Waals surface area contributed by atoms with Crippen LogP contribution in [-0.4, -0.2) is 55.2 Å². The van der Waals surface area contributed by atoms with Crippen LogP contribution in [0, 0.1) is 0 Å². The molecule has 1 aromatic rings. The van der Waals surface area contributed by atoms with Crippen molar-refractivity contribution in [3.8, 4) is 0 Å². The highest BCUT2D eigenvalue weighted by Crippen LogP contribution is 2.12. The van der Waals surface area contributed by atoms with Gasteiger partial charge in [0, 0.05) is 45.3 Å². The third kappa shape index (κ3) is 4.49. The third-order valence-electron chi connectivity index (χ3n) is 3.47. The molecule has 0 saturated carbocycles. The maximum absolute atomic E-state index is 11.3. The fourth-order valence-corrected chi connectivity index (χ4v) is 2.31. The number of esters is 1. The smallest absolute Gasteiger partial charge is 0.305 e. The highest BCUT2D eigenvalue weighted by atomic mass is 16.5. The summed E-state index contributed by atoms with van der Waals surface area (Å²) in [6.45, 7) is 7.23. The van der Waals surface area contributed by atoms with Gasteiger partial charge in [0.05, 0.1) is 0 Å². The number of nitrogens with zero attached hydrogens (tertiary/aromatic N) is 3. The maximum Gasteiger partial charge on any atom is 0.305 e. The van der Waals surface area contributed by atoms with E-state index in [4.69, 9.17) is 4.74 Å². The third-order valence-corrected chi connectivity index (χ3v) is 3.47.